The maximum absolute atomic E-state index is 12.3. The van der Waals surface area contributed by atoms with Gasteiger partial charge in [-0.2, -0.15) is 0 Å². The van der Waals surface area contributed by atoms with Gasteiger partial charge in [0.2, 0.25) is 0 Å². The molecule has 0 aromatic heterocycles. The summed E-state index contributed by atoms with van der Waals surface area (Å²) in [4.78, 5) is 14.1. The third-order valence-electron chi connectivity index (χ3n) is 2.80. The van der Waals surface area contributed by atoms with E-state index in [0.717, 1.165) is 31.5 Å². The van der Waals surface area contributed by atoms with E-state index in [1.807, 2.05) is 30.9 Å². The number of amides is 1. The van der Waals surface area contributed by atoms with Crippen molar-refractivity contribution in [1.29, 1.82) is 0 Å². The predicted octanol–water partition coefficient (Wildman–Crippen LogP) is 2.84. The number of nitrogens with zero attached hydrogens (tertiary/aromatic N) is 1. The standard InChI is InChI=1S/C14H22N2O/c1-4-6-7-16(5-2)14(17)12-8-11(3)9-13(15)10-12/h8-10H,4-7,15H2,1-3H3. The number of rotatable bonds is 5. The normalized spacial score (nSPS) is 10.3. The van der Waals surface area contributed by atoms with Crippen LogP contribution in [0.25, 0.3) is 0 Å². The van der Waals surface area contributed by atoms with Crippen molar-refractivity contribution in [2.24, 2.45) is 0 Å². The van der Waals surface area contributed by atoms with E-state index in [1.165, 1.54) is 0 Å². The van der Waals surface area contributed by atoms with E-state index in [4.69, 9.17) is 5.73 Å². The van der Waals surface area contributed by atoms with Crippen molar-refractivity contribution in [3.05, 3.63) is 29.3 Å². The van der Waals surface area contributed by atoms with E-state index < -0.39 is 0 Å². The van der Waals surface area contributed by atoms with Gasteiger partial charge >= 0.3 is 0 Å². The summed E-state index contributed by atoms with van der Waals surface area (Å²) in [5.74, 6) is 0.0800. The summed E-state index contributed by atoms with van der Waals surface area (Å²) in [6.45, 7) is 7.65. The van der Waals surface area contributed by atoms with Gasteiger partial charge in [-0.25, -0.2) is 0 Å². The molecule has 0 aliphatic heterocycles. The van der Waals surface area contributed by atoms with Crippen molar-refractivity contribution in [1.82, 2.24) is 4.90 Å². The lowest BCUT2D eigenvalue weighted by Gasteiger charge is -2.21. The van der Waals surface area contributed by atoms with Crippen LogP contribution in [0.5, 0.6) is 0 Å². The van der Waals surface area contributed by atoms with Crippen molar-refractivity contribution in [2.75, 3.05) is 18.8 Å². The van der Waals surface area contributed by atoms with Gasteiger partial charge in [0.1, 0.15) is 0 Å². The lowest BCUT2D eigenvalue weighted by atomic mass is 10.1. The lowest BCUT2D eigenvalue weighted by molar-refractivity contribution is 0.0762. The maximum atomic E-state index is 12.3. The van der Waals surface area contributed by atoms with Crippen molar-refractivity contribution >= 4 is 11.6 Å². The smallest absolute Gasteiger partial charge is 0.253 e. The summed E-state index contributed by atoms with van der Waals surface area (Å²) in [5, 5.41) is 0. The average Bonchev–Trinajstić information content (AvgIpc) is 2.28. The minimum atomic E-state index is 0.0800. The second-order valence-corrected chi connectivity index (χ2v) is 4.37. The number of hydrogen-bond donors (Lipinski definition) is 1. The Morgan fingerprint density at radius 1 is 1.29 bits per heavy atom. The van der Waals surface area contributed by atoms with Crippen molar-refractivity contribution in [3.8, 4) is 0 Å². The molecule has 94 valence electrons. The Morgan fingerprint density at radius 2 is 2.00 bits per heavy atom. The van der Waals surface area contributed by atoms with E-state index in [2.05, 4.69) is 6.92 Å². The topological polar surface area (TPSA) is 46.3 Å². The number of carbonyl (C=O) groups is 1. The summed E-state index contributed by atoms with van der Waals surface area (Å²) in [5.41, 5.74) is 8.14. The molecule has 1 aromatic rings. The Labute approximate surface area is 104 Å². The molecule has 0 fully saturated rings. The largest absolute Gasteiger partial charge is 0.399 e. The summed E-state index contributed by atoms with van der Waals surface area (Å²) >= 11 is 0. The zero-order valence-electron chi connectivity index (χ0n) is 11.0. The van der Waals surface area contributed by atoms with Crippen molar-refractivity contribution in [3.63, 3.8) is 0 Å². The van der Waals surface area contributed by atoms with Gasteiger partial charge in [-0.05, 0) is 44.0 Å². The Morgan fingerprint density at radius 3 is 2.53 bits per heavy atom. The van der Waals surface area contributed by atoms with E-state index in [-0.39, 0.29) is 5.91 Å². The fraction of sp³-hybridized carbons (Fsp3) is 0.500. The highest BCUT2D eigenvalue weighted by molar-refractivity contribution is 5.95. The molecule has 17 heavy (non-hydrogen) atoms. The van der Waals surface area contributed by atoms with E-state index in [0.29, 0.717) is 11.3 Å². The molecular weight excluding hydrogens is 212 g/mol. The van der Waals surface area contributed by atoms with Crippen LogP contribution in [0.4, 0.5) is 5.69 Å². The number of benzene rings is 1. The Bertz CT molecular complexity index is 368. The Balaban J connectivity index is 2.85. The maximum Gasteiger partial charge on any atom is 0.253 e. The Kier molecular flexibility index (Phi) is 5.01. The fourth-order valence-electron chi connectivity index (χ4n) is 1.87. The SMILES string of the molecule is CCCCN(CC)C(=O)c1cc(C)cc(N)c1. The number of anilines is 1. The van der Waals surface area contributed by atoms with E-state index in [1.54, 1.807) is 6.07 Å². The molecule has 0 saturated heterocycles. The third-order valence-corrected chi connectivity index (χ3v) is 2.80. The fourth-order valence-corrected chi connectivity index (χ4v) is 1.87. The molecule has 0 bridgehead atoms. The molecule has 0 saturated carbocycles. The van der Waals surface area contributed by atoms with Crippen LogP contribution in [-0.2, 0) is 0 Å². The molecule has 0 atom stereocenters. The molecule has 3 heteroatoms. The van der Waals surface area contributed by atoms with Gasteiger partial charge in [-0.15, -0.1) is 0 Å². The van der Waals surface area contributed by atoms with Gasteiger partial charge in [0.25, 0.3) is 5.91 Å². The van der Waals surface area contributed by atoms with Gasteiger partial charge in [0.15, 0.2) is 0 Å². The first kappa shape index (κ1) is 13.6. The number of unbranched alkanes of at least 4 members (excludes halogenated alkanes) is 1. The van der Waals surface area contributed by atoms with E-state index in [9.17, 15) is 4.79 Å². The van der Waals surface area contributed by atoms with Crippen molar-refractivity contribution in [2.45, 2.75) is 33.6 Å². The van der Waals surface area contributed by atoms with Crippen LogP contribution < -0.4 is 5.73 Å². The monoisotopic (exact) mass is 234 g/mol. The van der Waals surface area contributed by atoms with E-state index >= 15 is 0 Å². The van der Waals surface area contributed by atoms with Crippen LogP contribution >= 0.6 is 0 Å². The van der Waals surface area contributed by atoms with Crippen LogP contribution in [0.15, 0.2) is 18.2 Å². The lowest BCUT2D eigenvalue weighted by Crippen LogP contribution is -2.31. The second-order valence-electron chi connectivity index (χ2n) is 4.37. The summed E-state index contributed by atoms with van der Waals surface area (Å²) < 4.78 is 0. The number of carbonyl (C=O) groups excluding carboxylic acids is 1. The molecule has 0 aliphatic rings. The number of aryl methyl sites for hydroxylation is 1. The molecule has 0 unspecified atom stereocenters. The minimum Gasteiger partial charge on any atom is -0.399 e. The summed E-state index contributed by atoms with van der Waals surface area (Å²) in [7, 11) is 0. The highest BCUT2D eigenvalue weighted by Crippen LogP contribution is 2.13. The number of nitrogen functional groups attached to an aromatic ring is 1. The molecule has 1 aromatic carbocycles. The van der Waals surface area contributed by atoms with Gasteiger partial charge in [-0.1, -0.05) is 13.3 Å². The van der Waals surface area contributed by atoms with Crippen LogP contribution in [-0.4, -0.2) is 23.9 Å². The molecule has 2 N–H and O–H groups in total. The highest BCUT2D eigenvalue weighted by atomic mass is 16.2. The molecule has 0 heterocycles. The minimum absolute atomic E-state index is 0.0800. The zero-order valence-corrected chi connectivity index (χ0v) is 11.0. The van der Waals surface area contributed by atoms with Gasteiger partial charge in [0.05, 0.1) is 0 Å². The Hall–Kier alpha value is -1.51. The molecule has 0 aliphatic carbocycles. The average molecular weight is 234 g/mol. The first-order valence-corrected chi connectivity index (χ1v) is 6.25. The summed E-state index contributed by atoms with van der Waals surface area (Å²) in [6.07, 6.45) is 2.14. The van der Waals surface area contributed by atoms with Crippen LogP contribution in [0.3, 0.4) is 0 Å². The summed E-state index contributed by atoms with van der Waals surface area (Å²) in [6, 6.07) is 5.52. The zero-order chi connectivity index (χ0) is 12.8. The molecular formula is C14H22N2O. The number of nitrogens with two attached hydrogens (primary N) is 1. The third kappa shape index (κ3) is 3.77. The second kappa shape index (κ2) is 6.28. The predicted molar refractivity (Wildman–Crippen MR) is 72.1 cm³/mol. The van der Waals surface area contributed by atoms with Crippen molar-refractivity contribution < 1.29 is 4.79 Å². The molecule has 3 nitrogen and oxygen atoms in total. The van der Waals surface area contributed by atoms with Gasteiger partial charge in [0, 0.05) is 24.3 Å². The van der Waals surface area contributed by atoms with Crippen LogP contribution in [0.2, 0.25) is 0 Å². The molecule has 0 radical (unpaired) electrons. The first-order valence-electron chi connectivity index (χ1n) is 6.25. The molecule has 1 amide bonds. The number of hydrogen-bond acceptors (Lipinski definition) is 2. The molecule has 1 rings (SSSR count). The quantitative estimate of drug-likeness (QED) is 0.796. The highest BCUT2D eigenvalue weighted by Gasteiger charge is 2.14. The van der Waals surface area contributed by atoms with Gasteiger partial charge < -0.3 is 10.6 Å². The van der Waals surface area contributed by atoms with Crippen LogP contribution in [0.1, 0.15) is 42.6 Å². The first-order chi connectivity index (χ1) is 8.08. The van der Waals surface area contributed by atoms with Crippen LogP contribution in [0, 0.1) is 6.92 Å². The van der Waals surface area contributed by atoms with Gasteiger partial charge in [-0.3, -0.25) is 4.79 Å². The molecule has 0 spiro atoms.